The van der Waals surface area contributed by atoms with Gasteiger partial charge in [0.1, 0.15) is 11.5 Å². The second-order valence-corrected chi connectivity index (χ2v) is 5.28. The van der Waals surface area contributed by atoms with Crippen LogP contribution in [0, 0.1) is 5.92 Å². The second kappa shape index (κ2) is 7.52. The molecule has 2 atom stereocenters. The molecule has 2 rings (SSSR count). The van der Waals surface area contributed by atoms with Crippen molar-refractivity contribution in [1.82, 2.24) is 4.90 Å². The molecule has 0 radical (unpaired) electrons. The minimum Gasteiger partial charge on any atom is -0.497 e. The lowest BCUT2D eigenvalue weighted by Crippen LogP contribution is -2.48. The summed E-state index contributed by atoms with van der Waals surface area (Å²) in [5.41, 5.74) is 6.58. The first-order chi connectivity index (χ1) is 9.55. The van der Waals surface area contributed by atoms with Crippen LogP contribution in [0.5, 0.6) is 11.5 Å². The van der Waals surface area contributed by atoms with Gasteiger partial charge in [0.15, 0.2) is 0 Å². The number of ether oxygens (including phenoxy) is 2. The Morgan fingerprint density at radius 2 is 1.81 bits per heavy atom. The predicted molar refractivity (Wildman–Crippen MR) is 84.5 cm³/mol. The van der Waals surface area contributed by atoms with Gasteiger partial charge in [-0.25, -0.2) is 0 Å². The smallest absolute Gasteiger partial charge is 0.254 e. The van der Waals surface area contributed by atoms with E-state index in [2.05, 4.69) is 6.92 Å². The number of hydrogen-bond donors (Lipinski definition) is 1. The van der Waals surface area contributed by atoms with E-state index in [9.17, 15) is 4.79 Å². The van der Waals surface area contributed by atoms with E-state index in [1.165, 1.54) is 0 Å². The summed E-state index contributed by atoms with van der Waals surface area (Å²) in [6.45, 7) is 3.47. The molecule has 0 spiro atoms. The van der Waals surface area contributed by atoms with Crippen molar-refractivity contribution in [1.29, 1.82) is 0 Å². The predicted octanol–water partition coefficient (Wildman–Crippen LogP) is 1.93. The lowest BCUT2D eigenvalue weighted by atomic mass is 9.94. The van der Waals surface area contributed by atoms with Gasteiger partial charge in [-0.05, 0) is 24.5 Å². The van der Waals surface area contributed by atoms with E-state index >= 15 is 0 Å². The maximum absolute atomic E-state index is 12.6. The maximum atomic E-state index is 12.6. The third kappa shape index (κ3) is 4.02. The summed E-state index contributed by atoms with van der Waals surface area (Å²) in [6.07, 6.45) is 0.841. The molecular weight excluding hydrogens is 292 g/mol. The largest absolute Gasteiger partial charge is 0.497 e. The van der Waals surface area contributed by atoms with Crippen LogP contribution in [0.25, 0.3) is 0 Å². The molecule has 0 saturated carbocycles. The van der Waals surface area contributed by atoms with Crippen LogP contribution in [-0.4, -0.2) is 44.2 Å². The van der Waals surface area contributed by atoms with Crippen LogP contribution in [0.2, 0.25) is 0 Å². The van der Waals surface area contributed by atoms with Crippen LogP contribution in [0.15, 0.2) is 18.2 Å². The lowest BCUT2D eigenvalue weighted by Gasteiger charge is -2.35. The first-order valence-corrected chi connectivity index (χ1v) is 6.83. The standard InChI is InChI=1S/C15H22N2O3.ClH/c1-10-9-17(5-4-14(10)16)15(18)11-6-12(19-2)8-13(7-11)20-3;/h6-8,10,14H,4-5,9,16H2,1-3H3;1H. The van der Waals surface area contributed by atoms with E-state index in [0.29, 0.717) is 36.1 Å². The number of rotatable bonds is 3. The van der Waals surface area contributed by atoms with Gasteiger partial charge in [0.25, 0.3) is 5.91 Å². The normalized spacial score (nSPS) is 21.4. The van der Waals surface area contributed by atoms with Gasteiger partial charge in [-0.2, -0.15) is 0 Å². The maximum Gasteiger partial charge on any atom is 0.254 e. The average Bonchev–Trinajstić information content (AvgIpc) is 2.48. The van der Waals surface area contributed by atoms with Crippen LogP contribution in [0.1, 0.15) is 23.7 Å². The third-order valence-corrected chi connectivity index (χ3v) is 3.86. The van der Waals surface area contributed by atoms with E-state index in [0.717, 1.165) is 6.42 Å². The Hall–Kier alpha value is -1.46. The zero-order chi connectivity index (χ0) is 14.7. The highest BCUT2D eigenvalue weighted by molar-refractivity contribution is 5.95. The molecule has 1 saturated heterocycles. The van der Waals surface area contributed by atoms with Gasteiger partial charge < -0.3 is 20.1 Å². The summed E-state index contributed by atoms with van der Waals surface area (Å²) >= 11 is 0. The van der Waals surface area contributed by atoms with E-state index < -0.39 is 0 Å². The molecule has 0 aliphatic carbocycles. The zero-order valence-corrected chi connectivity index (χ0v) is 13.5. The topological polar surface area (TPSA) is 64.8 Å². The number of amides is 1. The molecule has 2 unspecified atom stereocenters. The Morgan fingerprint density at radius 1 is 1.24 bits per heavy atom. The number of nitrogens with two attached hydrogens (primary N) is 1. The van der Waals surface area contributed by atoms with E-state index in [-0.39, 0.29) is 24.4 Å². The Kier molecular flexibility index (Phi) is 6.30. The Labute approximate surface area is 131 Å². The van der Waals surface area contributed by atoms with Gasteiger partial charge in [0.2, 0.25) is 0 Å². The fraction of sp³-hybridized carbons (Fsp3) is 0.533. The average molecular weight is 315 g/mol. The molecule has 5 nitrogen and oxygen atoms in total. The van der Waals surface area contributed by atoms with Crippen molar-refractivity contribution in [2.24, 2.45) is 11.7 Å². The number of halogens is 1. The molecule has 21 heavy (non-hydrogen) atoms. The summed E-state index contributed by atoms with van der Waals surface area (Å²) in [6, 6.07) is 5.42. The Balaban J connectivity index is 0.00000220. The summed E-state index contributed by atoms with van der Waals surface area (Å²) < 4.78 is 10.4. The molecule has 1 aromatic rings. The first-order valence-electron chi connectivity index (χ1n) is 6.83. The van der Waals surface area contributed by atoms with Crippen molar-refractivity contribution >= 4 is 18.3 Å². The summed E-state index contributed by atoms with van der Waals surface area (Å²) in [5.74, 6) is 1.56. The monoisotopic (exact) mass is 314 g/mol. The van der Waals surface area contributed by atoms with Crippen LogP contribution in [-0.2, 0) is 0 Å². The number of piperidine rings is 1. The molecule has 1 aliphatic heterocycles. The molecule has 6 heteroatoms. The molecule has 118 valence electrons. The van der Waals surface area contributed by atoms with E-state index in [1.807, 2.05) is 4.90 Å². The molecule has 2 N–H and O–H groups in total. The van der Waals surface area contributed by atoms with Gasteiger partial charge in [0, 0.05) is 30.8 Å². The number of methoxy groups -OCH3 is 2. The first kappa shape index (κ1) is 17.6. The van der Waals surface area contributed by atoms with Crippen LogP contribution in [0.3, 0.4) is 0 Å². The highest BCUT2D eigenvalue weighted by Crippen LogP contribution is 2.25. The van der Waals surface area contributed by atoms with Gasteiger partial charge in [-0.15, -0.1) is 12.4 Å². The van der Waals surface area contributed by atoms with Gasteiger partial charge in [-0.3, -0.25) is 4.79 Å². The van der Waals surface area contributed by atoms with Crippen molar-refractivity contribution in [3.8, 4) is 11.5 Å². The summed E-state index contributed by atoms with van der Waals surface area (Å²) in [7, 11) is 3.15. The van der Waals surface area contributed by atoms with Crippen molar-refractivity contribution in [3.05, 3.63) is 23.8 Å². The fourth-order valence-electron chi connectivity index (χ4n) is 2.46. The van der Waals surface area contributed by atoms with Crippen molar-refractivity contribution in [2.45, 2.75) is 19.4 Å². The Morgan fingerprint density at radius 3 is 2.29 bits per heavy atom. The fourth-order valence-corrected chi connectivity index (χ4v) is 2.46. The van der Waals surface area contributed by atoms with E-state index in [1.54, 1.807) is 32.4 Å². The molecule has 1 aliphatic rings. The van der Waals surface area contributed by atoms with Crippen molar-refractivity contribution < 1.29 is 14.3 Å². The SMILES string of the molecule is COc1cc(OC)cc(C(=O)N2CCC(N)C(C)C2)c1.Cl. The van der Waals surface area contributed by atoms with Crippen LogP contribution in [0.4, 0.5) is 0 Å². The minimum atomic E-state index is 0. The van der Waals surface area contributed by atoms with Crippen molar-refractivity contribution in [3.63, 3.8) is 0 Å². The van der Waals surface area contributed by atoms with Gasteiger partial charge in [-0.1, -0.05) is 6.92 Å². The summed E-state index contributed by atoms with van der Waals surface area (Å²) in [4.78, 5) is 14.4. The molecule has 1 amide bonds. The number of hydrogen-bond acceptors (Lipinski definition) is 4. The van der Waals surface area contributed by atoms with Gasteiger partial charge >= 0.3 is 0 Å². The highest BCUT2D eigenvalue weighted by atomic mass is 35.5. The number of carbonyl (C=O) groups excluding carboxylic acids is 1. The second-order valence-electron chi connectivity index (χ2n) is 5.28. The van der Waals surface area contributed by atoms with Gasteiger partial charge in [0.05, 0.1) is 14.2 Å². The Bertz CT molecular complexity index is 474. The lowest BCUT2D eigenvalue weighted by molar-refractivity contribution is 0.0663. The zero-order valence-electron chi connectivity index (χ0n) is 12.7. The molecule has 1 aromatic carbocycles. The van der Waals surface area contributed by atoms with Crippen LogP contribution < -0.4 is 15.2 Å². The van der Waals surface area contributed by atoms with E-state index in [4.69, 9.17) is 15.2 Å². The molecule has 1 heterocycles. The molecule has 1 fully saturated rings. The number of carbonyl (C=O) groups is 1. The number of benzene rings is 1. The van der Waals surface area contributed by atoms with Crippen LogP contribution >= 0.6 is 12.4 Å². The van der Waals surface area contributed by atoms with Crippen molar-refractivity contribution in [2.75, 3.05) is 27.3 Å². The minimum absolute atomic E-state index is 0. The third-order valence-electron chi connectivity index (χ3n) is 3.86. The molecule has 0 aromatic heterocycles. The molecular formula is C15H23ClN2O3. The molecule has 0 bridgehead atoms. The quantitative estimate of drug-likeness (QED) is 0.926. The number of likely N-dealkylation sites (tertiary alicyclic amines) is 1. The highest BCUT2D eigenvalue weighted by Gasteiger charge is 2.27. The summed E-state index contributed by atoms with van der Waals surface area (Å²) in [5, 5.41) is 0. The number of nitrogens with zero attached hydrogens (tertiary/aromatic N) is 1.